The lowest BCUT2D eigenvalue weighted by Gasteiger charge is -2.29. The molecule has 1 aromatic carbocycles. The lowest BCUT2D eigenvalue weighted by molar-refractivity contribution is -0.115. The summed E-state index contributed by atoms with van der Waals surface area (Å²) in [6, 6.07) is 6.48. The molecule has 160 valence electrons. The highest BCUT2D eigenvalue weighted by Crippen LogP contribution is 2.31. The predicted octanol–water partition coefficient (Wildman–Crippen LogP) is 2.84. The van der Waals surface area contributed by atoms with E-state index >= 15 is 0 Å². The average molecular weight is 413 g/mol. The van der Waals surface area contributed by atoms with Crippen LogP contribution in [0.4, 0.5) is 10.2 Å². The van der Waals surface area contributed by atoms with Gasteiger partial charge in [-0.25, -0.2) is 4.39 Å². The van der Waals surface area contributed by atoms with Crippen LogP contribution in [0.1, 0.15) is 37.7 Å². The number of benzene rings is 1. The van der Waals surface area contributed by atoms with Gasteiger partial charge in [-0.05, 0) is 49.6 Å². The molecule has 3 rings (SSSR count). The van der Waals surface area contributed by atoms with Crippen molar-refractivity contribution in [2.75, 3.05) is 19.0 Å². The van der Waals surface area contributed by atoms with Crippen molar-refractivity contribution in [1.82, 2.24) is 15.5 Å². The van der Waals surface area contributed by atoms with E-state index in [0.29, 0.717) is 17.6 Å². The van der Waals surface area contributed by atoms with Crippen molar-refractivity contribution in [3.8, 4) is 17.0 Å². The molecule has 0 bridgehead atoms. The van der Waals surface area contributed by atoms with Crippen LogP contribution in [0.5, 0.6) is 5.75 Å². The van der Waals surface area contributed by atoms with Crippen molar-refractivity contribution >= 4 is 17.8 Å². The highest BCUT2D eigenvalue weighted by molar-refractivity contribution is 5.91. The normalized spacial score (nSPS) is 19.5. The van der Waals surface area contributed by atoms with Crippen LogP contribution in [0.2, 0.25) is 0 Å². The summed E-state index contributed by atoms with van der Waals surface area (Å²) < 4.78 is 14.4. The van der Waals surface area contributed by atoms with E-state index in [2.05, 4.69) is 20.4 Å². The standard InChI is InChI=1S/C22H28FN5O2/c1-25-22(30)10-7-14-11-20(29)17(13-18(14)23)19-8-9-21(27-26-19)28(2)16-6-4-3-5-15(24)12-16/h7-11,13,15-16,29H,3-6,12,24H2,1-2H3,(H,25,30)/b10-7+/t15?,16-/m0/s1. The molecule has 4 N–H and O–H groups in total. The number of halogens is 1. The number of anilines is 1. The molecule has 1 fully saturated rings. The van der Waals surface area contributed by atoms with E-state index in [4.69, 9.17) is 5.73 Å². The quantitative estimate of drug-likeness (QED) is 0.514. The molecule has 1 aliphatic carbocycles. The number of amides is 1. The number of carbonyl (C=O) groups is 1. The molecule has 7 nitrogen and oxygen atoms in total. The average Bonchev–Trinajstić information content (AvgIpc) is 2.97. The van der Waals surface area contributed by atoms with Gasteiger partial charge in [0.05, 0.1) is 5.69 Å². The summed E-state index contributed by atoms with van der Waals surface area (Å²) in [5.41, 5.74) is 6.89. The van der Waals surface area contributed by atoms with Crippen LogP contribution in [-0.2, 0) is 4.79 Å². The Bertz CT molecular complexity index is 916. The second-order valence-electron chi connectivity index (χ2n) is 7.66. The lowest BCUT2D eigenvalue weighted by atomic mass is 10.0. The van der Waals surface area contributed by atoms with Crippen LogP contribution >= 0.6 is 0 Å². The predicted molar refractivity (Wildman–Crippen MR) is 115 cm³/mol. The minimum Gasteiger partial charge on any atom is -0.507 e. The van der Waals surface area contributed by atoms with Crippen molar-refractivity contribution in [2.45, 2.75) is 44.2 Å². The van der Waals surface area contributed by atoms with Gasteiger partial charge in [0.15, 0.2) is 5.82 Å². The maximum Gasteiger partial charge on any atom is 0.243 e. The molecule has 1 unspecified atom stereocenters. The largest absolute Gasteiger partial charge is 0.507 e. The number of likely N-dealkylation sites (N-methyl/N-ethyl adjacent to an activating group) is 1. The van der Waals surface area contributed by atoms with Gasteiger partial charge in [0, 0.05) is 43.4 Å². The van der Waals surface area contributed by atoms with Gasteiger partial charge in [0.25, 0.3) is 0 Å². The first-order valence-corrected chi connectivity index (χ1v) is 10.1. The zero-order chi connectivity index (χ0) is 21.7. The summed E-state index contributed by atoms with van der Waals surface area (Å²) in [6.45, 7) is 0. The topological polar surface area (TPSA) is 104 Å². The molecule has 1 heterocycles. The Labute approximate surface area is 175 Å². The summed E-state index contributed by atoms with van der Waals surface area (Å²) in [5, 5.41) is 21.2. The van der Waals surface area contributed by atoms with Gasteiger partial charge in [-0.1, -0.05) is 12.8 Å². The summed E-state index contributed by atoms with van der Waals surface area (Å²) in [4.78, 5) is 13.4. The first-order chi connectivity index (χ1) is 14.4. The van der Waals surface area contributed by atoms with Crippen LogP contribution in [0.15, 0.2) is 30.3 Å². The lowest BCUT2D eigenvalue weighted by Crippen LogP contribution is -2.36. The Hall–Kier alpha value is -3.00. The highest BCUT2D eigenvalue weighted by atomic mass is 19.1. The third kappa shape index (κ3) is 5.13. The number of nitrogens with zero attached hydrogens (tertiary/aromatic N) is 3. The number of hydrogen-bond donors (Lipinski definition) is 3. The van der Waals surface area contributed by atoms with E-state index in [0.717, 1.165) is 32.1 Å². The molecule has 1 aliphatic rings. The fourth-order valence-corrected chi connectivity index (χ4v) is 3.73. The van der Waals surface area contributed by atoms with E-state index < -0.39 is 5.82 Å². The molecule has 1 saturated carbocycles. The van der Waals surface area contributed by atoms with Crippen LogP contribution in [0, 0.1) is 5.82 Å². The molecule has 8 heteroatoms. The summed E-state index contributed by atoms with van der Waals surface area (Å²) in [5.74, 6) is -0.363. The molecular weight excluding hydrogens is 385 g/mol. The van der Waals surface area contributed by atoms with E-state index in [1.165, 1.54) is 31.3 Å². The third-order valence-corrected chi connectivity index (χ3v) is 5.55. The van der Waals surface area contributed by atoms with Crippen LogP contribution < -0.4 is 16.0 Å². The number of aromatic nitrogens is 2. The number of rotatable bonds is 5. The van der Waals surface area contributed by atoms with Gasteiger partial charge in [0.1, 0.15) is 11.6 Å². The van der Waals surface area contributed by atoms with Crippen molar-refractivity contribution in [3.05, 3.63) is 41.7 Å². The Morgan fingerprint density at radius 1 is 1.30 bits per heavy atom. The number of nitrogens with one attached hydrogen (secondary N) is 1. The number of carbonyl (C=O) groups excluding carboxylic acids is 1. The number of hydrogen-bond acceptors (Lipinski definition) is 6. The number of phenols is 1. The third-order valence-electron chi connectivity index (χ3n) is 5.55. The van der Waals surface area contributed by atoms with E-state index in [-0.39, 0.29) is 28.8 Å². The zero-order valence-corrected chi connectivity index (χ0v) is 17.3. The van der Waals surface area contributed by atoms with E-state index in [9.17, 15) is 14.3 Å². The molecule has 0 radical (unpaired) electrons. The van der Waals surface area contributed by atoms with Gasteiger partial charge in [0.2, 0.25) is 5.91 Å². The second kappa shape index (κ2) is 9.67. The minimum atomic E-state index is -0.571. The van der Waals surface area contributed by atoms with Crippen molar-refractivity contribution in [3.63, 3.8) is 0 Å². The smallest absolute Gasteiger partial charge is 0.243 e. The van der Waals surface area contributed by atoms with Crippen LogP contribution in [0.25, 0.3) is 17.3 Å². The van der Waals surface area contributed by atoms with E-state index in [1.54, 1.807) is 6.07 Å². The number of aromatic hydroxyl groups is 1. The number of phenolic OH excluding ortho intramolecular Hbond substituents is 1. The molecule has 0 spiro atoms. The minimum absolute atomic E-state index is 0.105. The monoisotopic (exact) mass is 413 g/mol. The molecule has 30 heavy (non-hydrogen) atoms. The molecule has 1 amide bonds. The van der Waals surface area contributed by atoms with Crippen molar-refractivity contribution in [1.29, 1.82) is 0 Å². The Morgan fingerprint density at radius 3 is 2.77 bits per heavy atom. The maximum atomic E-state index is 14.4. The summed E-state index contributed by atoms with van der Waals surface area (Å²) >= 11 is 0. The summed E-state index contributed by atoms with van der Waals surface area (Å²) in [7, 11) is 3.46. The Kier molecular flexibility index (Phi) is 6.99. The molecule has 2 aromatic rings. The molecule has 1 aromatic heterocycles. The van der Waals surface area contributed by atoms with Crippen LogP contribution in [-0.4, -0.2) is 47.4 Å². The van der Waals surface area contributed by atoms with Crippen molar-refractivity contribution < 1.29 is 14.3 Å². The van der Waals surface area contributed by atoms with E-state index in [1.807, 2.05) is 13.1 Å². The fourth-order valence-electron chi connectivity index (χ4n) is 3.73. The van der Waals surface area contributed by atoms with Gasteiger partial charge in [-0.15, -0.1) is 10.2 Å². The second-order valence-corrected chi connectivity index (χ2v) is 7.66. The Morgan fingerprint density at radius 2 is 2.07 bits per heavy atom. The first kappa shape index (κ1) is 21.7. The molecule has 2 atom stereocenters. The number of nitrogens with two attached hydrogens (primary N) is 1. The summed E-state index contributed by atoms with van der Waals surface area (Å²) in [6.07, 6.45) is 7.81. The highest BCUT2D eigenvalue weighted by Gasteiger charge is 2.22. The fraction of sp³-hybridized carbons (Fsp3) is 0.409. The molecular formula is C22H28FN5O2. The van der Waals surface area contributed by atoms with Gasteiger partial charge >= 0.3 is 0 Å². The Balaban J connectivity index is 1.79. The van der Waals surface area contributed by atoms with Crippen molar-refractivity contribution in [2.24, 2.45) is 5.73 Å². The first-order valence-electron chi connectivity index (χ1n) is 10.1. The van der Waals surface area contributed by atoms with Gasteiger partial charge in [-0.3, -0.25) is 4.79 Å². The van der Waals surface area contributed by atoms with Gasteiger partial charge in [-0.2, -0.15) is 0 Å². The van der Waals surface area contributed by atoms with Gasteiger partial charge < -0.3 is 21.1 Å². The van der Waals surface area contributed by atoms with Crippen LogP contribution in [0.3, 0.4) is 0 Å². The molecule has 0 saturated heterocycles. The SMILES string of the molecule is CNC(=O)/C=C/c1cc(O)c(-c2ccc(N(C)[C@H]3CCCCC(N)C3)nn2)cc1F. The maximum absolute atomic E-state index is 14.4. The zero-order valence-electron chi connectivity index (χ0n) is 17.3. The molecule has 0 aliphatic heterocycles.